The highest BCUT2D eigenvalue weighted by Crippen LogP contribution is 2.30. The van der Waals surface area contributed by atoms with E-state index in [1.165, 1.54) is 16.8 Å². The van der Waals surface area contributed by atoms with Crippen molar-refractivity contribution in [2.45, 2.75) is 50.0 Å². The summed E-state index contributed by atoms with van der Waals surface area (Å²) in [7, 11) is -2.27. The van der Waals surface area contributed by atoms with Gasteiger partial charge < -0.3 is 4.74 Å². The summed E-state index contributed by atoms with van der Waals surface area (Å²) in [6.07, 6.45) is 4.42. The van der Waals surface area contributed by atoms with Crippen molar-refractivity contribution in [3.8, 4) is 5.69 Å². The van der Waals surface area contributed by atoms with Crippen molar-refractivity contribution in [3.05, 3.63) is 71.1 Å². The van der Waals surface area contributed by atoms with E-state index in [9.17, 15) is 12.8 Å². The molecule has 2 atom stereocenters. The van der Waals surface area contributed by atoms with Gasteiger partial charge in [-0.3, -0.25) is 0 Å². The normalized spacial score (nSPS) is 18.9. The van der Waals surface area contributed by atoms with Crippen molar-refractivity contribution < 1.29 is 17.5 Å². The fourth-order valence-electron chi connectivity index (χ4n) is 4.31. The summed E-state index contributed by atoms with van der Waals surface area (Å²) in [5.74, 6) is 0.925. The van der Waals surface area contributed by atoms with Crippen LogP contribution in [0.2, 0.25) is 0 Å². The number of benzene rings is 2. The van der Waals surface area contributed by atoms with Crippen LogP contribution in [0.25, 0.3) is 5.69 Å². The molecular formula is C23H27FN4O3S. The van der Waals surface area contributed by atoms with E-state index in [4.69, 9.17) is 14.9 Å². The van der Waals surface area contributed by atoms with Crippen molar-refractivity contribution in [1.29, 1.82) is 0 Å². The maximum Gasteiger partial charge on any atom is 0.238 e. The third-order valence-corrected chi connectivity index (χ3v) is 6.85. The molecule has 3 aromatic rings. The number of nitrogens with zero attached hydrogens (tertiary/aromatic N) is 3. The molecule has 1 heterocycles. The molecular weight excluding hydrogens is 431 g/mol. The zero-order valence-electron chi connectivity index (χ0n) is 18.2. The van der Waals surface area contributed by atoms with Gasteiger partial charge in [0, 0.05) is 20.0 Å². The Bertz CT molecular complexity index is 1230. The molecule has 0 bridgehead atoms. The zero-order valence-corrected chi connectivity index (χ0v) is 19.0. The minimum atomic E-state index is -4.00. The molecule has 1 aromatic heterocycles. The van der Waals surface area contributed by atoms with E-state index in [2.05, 4.69) is 11.2 Å². The standard InChI is InChI=1S/C23H27FN4O3S/c1-15-4-3-5-16(10-15)13-23-26-22(12-17-6-7-18(11-17)31-2)27-28(23)21-9-8-19(14-20(21)24)32(25,29)30/h3-5,8-10,14,17-18H,6-7,11-13H2,1-2H3,(H2,25,29,30). The summed E-state index contributed by atoms with van der Waals surface area (Å²) < 4.78 is 45.1. The Morgan fingerprint density at radius 2 is 2.03 bits per heavy atom. The third-order valence-electron chi connectivity index (χ3n) is 5.94. The average molecular weight is 459 g/mol. The number of sulfonamides is 1. The zero-order chi connectivity index (χ0) is 22.9. The van der Waals surface area contributed by atoms with Crippen LogP contribution in [0.4, 0.5) is 4.39 Å². The van der Waals surface area contributed by atoms with Gasteiger partial charge in [0.25, 0.3) is 0 Å². The van der Waals surface area contributed by atoms with Gasteiger partial charge >= 0.3 is 0 Å². The predicted molar refractivity (Wildman–Crippen MR) is 119 cm³/mol. The van der Waals surface area contributed by atoms with Gasteiger partial charge in [-0.1, -0.05) is 29.8 Å². The van der Waals surface area contributed by atoms with Crippen LogP contribution in [0.1, 0.15) is 42.0 Å². The quantitative estimate of drug-likeness (QED) is 0.586. The number of methoxy groups -OCH3 is 1. The minimum Gasteiger partial charge on any atom is -0.381 e. The van der Waals surface area contributed by atoms with Gasteiger partial charge in [-0.05, 0) is 55.9 Å². The molecule has 1 aliphatic carbocycles. The van der Waals surface area contributed by atoms with Gasteiger partial charge in [0.2, 0.25) is 10.0 Å². The Hall–Kier alpha value is -2.62. The smallest absolute Gasteiger partial charge is 0.238 e. The number of ether oxygens (including phenoxy) is 1. The average Bonchev–Trinajstić information content (AvgIpc) is 3.34. The van der Waals surface area contributed by atoms with Crippen LogP contribution in [-0.2, 0) is 27.6 Å². The molecule has 0 radical (unpaired) electrons. The summed E-state index contributed by atoms with van der Waals surface area (Å²) in [5, 5.41) is 9.75. The fraction of sp³-hybridized carbons (Fsp3) is 0.391. The molecule has 4 rings (SSSR count). The lowest BCUT2D eigenvalue weighted by Gasteiger charge is -2.09. The number of hydrogen-bond acceptors (Lipinski definition) is 5. The van der Waals surface area contributed by atoms with Crippen LogP contribution in [-0.4, -0.2) is 36.4 Å². The molecule has 170 valence electrons. The SMILES string of the molecule is COC1CCC(Cc2nc(Cc3cccc(C)c3)n(-c3ccc(S(N)(=O)=O)cc3F)n2)C1. The topological polar surface area (TPSA) is 100 Å². The van der Waals surface area contributed by atoms with E-state index in [1.54, 1.807) is 7.11 Å². The number of primary sulfonamides is 1. The number of rotatable bonds is 7. The molecule has 1 saturated carbocycles. The molecule has 2 N–H and O–H groups in total. The van der Waals surface area contributed by atoms with Crippen molar-refractivity contribution >= 4 is 10.0 Å². The monoisotopic (exact) mass is 458 g/mol. The summed E-state index contributed by atoms with van der Waals surface area (Å²) in [4.78, 5) is 4.46. The number of aromatic nitrogens is 3. The summed E-state index contributed by atoms with van der Waals surface area (Å²) >= 11 is 0. The second-order valence-corrected chi connectivity index (χ2v) is 9.98. The lowest BCUT2D eigenvalue weighted by Crippen LogP contribution is -2.13. The van der Waals surface area contributed by atoms with Crippen molar-refractivity contribution in [2.24, 2.45) is 11.1 Å². The largest absolute Gasteiger partial charge is 0.381 e. The Morgan fingerprint density at radius 3 is 2.69 bits per heavy atom. The molecule has 1 aliphatic rings. The highest BCUT2D eigenvalue weighted by molar-refractivity contribution is 7.89. The van der Waals surface area contributed by atoms with E-state index in [0.717, 1.165) is 36.5 Å². The summed E-state index contributed by atoms with van der Waals surface area (Å²) in [6.45, 7) is 2.01. The summed E-state index contributed by atoms with van der Waals surface area (Å²) in [5.41, 5.74) is 2.29. The van der Waals surface area contributed by atoms with Crippen molar-refractivity contribution in [1.82, 2.24) is 14.8 Å². The second kappa shape index (κ2) is 9.09. The maximum absolute atomic E-state index is 14.9. The van der Waals surface area contributed by atoms with Crippen LogP contribution in [0, 0.1) is 18.7 Å². The lowest BCUT2D eigenvalue weighted by atomic mass is 10.0. The van der Waals surface area contributed by atoms with Crippen LogP contribution in [0.15, 0.2) is 47.4 Å². The number of hydrogen-bond donors (Lipinski definition) is 1. The number of halogens is 1. The Morgan fingerprint density at radius 1 is 1.22 bits per heavy atom. The van der Waals surface area contributed by atoms with Crippen molar-refractivity contribution in [3.63, 3.8) is 0 Å². The highest BCUT2D eigenvalue weighted by atomic mass is 32.2. The molecule has 9 heteroatoms. The van der Waals surface area contributed by atoms with Gasteiger partial charge in [-0.2, -0.15) is 5.10 Å². The van der Waals surface area contributed by atoms with Gasteiger partial charge in [-0.15, -0.1) is 0 Å². The van der Waals surface area contributed by atoms with Crippen LogP contribution in [0.3, 0.4) is 0 Å². The summed E-state index contributed by atoms with van der Waals surface area (Å²) in [6, 6.07) is 11.6. The first-order chi connectivity index (χ1) is 15.2. The van der Waals surface area contributed by atoms with E-state index < -0.39 is 15.8 Å². The molecule has 2 unspecified atom stereocenters. The number of nitrogens with two attached hydrogens (primary N) is 1. The first-order valence-corrected chi connectivity index (χ1v) is 12.1. The first kappa shape index (κ1) is 22.6. The molecule has 0 saturated heterocycles. The number of aryl methyl sites for hydroxylation is 1. The minimum absolute atomic E-state index is 0.139. The molecule has 7 nitrogen and oxygen atoms in total. The predicted octanol–water partition coefficient (Wildman–Crippen LogP) is 3.31. The van der Waals surface area contributed by atoms with Crippen LogP contribution >= 0.6 is 0 Å². The Kier molecular flexibility index (Phi) is 6.41. The van der Waals surface area contributed by atoms with E-state index >= 15 is 0 Å². The molecule has 0 amide bonds. The Labute approximate surface area is 187 Å². The third kappa shape index (κ3) is 5.06. The van der Waals surface area contributed by atoms with Crippen LogP contribution < -0.4 is 5.14 Å². The maximum atomic E-state index is 14.9. The fourth-order valence-corrected chi connectivity index (χ4v) is 4.84. The lowest BCUT2D eigenvalue weighted by molar-refractivity contribution is 0.105. The molecule has 0 spiro atoms. The van der Waals surface area contributed by atoms with Gasteiger partial charge in [-0.25, -0.2) is 27.6 Å². The van der Waals surface area contributed by atoms with Crippen LogP contribution in [0.5, 0.6) is 0 Å². The van der Waals surface area contributed by atoms with E-state index in [-0.39, 0.29) is 16.7 Å². The van der Waals surface area contributed by atoms with Gasteiger partial charge in [0.1, 0.15) is 17.3 Å². The highest BCUT2D eigenvalue weighted by Gasteiger charge is 2.27. The van der Waals surface area contributed by atoms with Gasteiger partial charge in [0.15, 0.2) is 5.82 Å². The molecule has 2 aromatic carbocycles. The Balaban J connectivity index is 1.70. The van der Waals surface area contributed by atoms with E-state index in [1.807, 2.05) is 25.1 Å². The molecule has 0 aliphatic heterocycles. The molecule has 1 fully saturated rings. The van der Waals surface area contributed by atoms with Gasteiger partial charge in [0.05, 0.1) is 11.0 Å². The first-order valence-electron chi connectivity index (χ1n) is 10.6. The second-order valence-electron chi connectivity index (χ2n) is 8.42. The van der Waals surface area contributed by atoms with E-state index in [0.29, 0.717) is 30.4 Å². The van der Waals surface area contributed by atoms with Crippen molar-refractivity contribution in [2.75, 3.05) is 7.11 Å². The molecule has 32 heavy (non-hydrogen) atoms.